The van der Waals surface area contributed by atoms with E-state index >= 15 is 0 Å². The Hall–Kier alpha value is -3.44. The number of amides is 3. The maximum Gasteiger partial charge on any atom is 0.408 e. The van der Waals surface area contributed by atoms with E-state index in [9.17, 15) is 14.4 Å². The summed E-state index contributed by atoms with van der Waals surface area (Å²) in [6.07, 6.45) is 9.07. The van der Waals surface area contributed by atoms with Crippen molar-refractivity contribution in [3.05, 3.63) is 71.3 Å². The average molecular weight is 594 g/mol. The molecule has 3 unspecified atom stereocenters. The lowest BCUT2D eigenvalue weighted by Gasteiger charge is -2.39. The van der Waals surface area contributed by atoms with Crippen molar-refractivity contribution in [1.82, 2.24) is 15.5 Å². The van der Waals surface area contributed by atoms with Gasteiger partial charge in [0.2, 0.25) is 11.8 Å². The van der Waals surface area contributed by atoms with E-state index in [0.29, 0.717) is 42.2 Å². The topological polar surface area (TPSA) is 87.7 Å². The minimum Gasteiger partial charge on any atom is -0.444 e. The summed E-state index contributed by atoms with van der Waals surface area (Å²) in [7, 11) is 0. The highest BCUT2D eigenvalue weighted by atomic mass is 32.2. The zero-order chi connectivity index (χ0) is 31.3. The van der Waals surface area contributed by atoms with E-state index in [0.717, 1.165) is 12.0 Å². The third-order valence-electron chi connectivity index (χ3n) is 6.74. The van der Waals surface area contributed by atoms with Gasteiger partial charge in [-0.3, -0.25) is 9.59 Å². The SMILES string of the molecule is C#Cc1ccccc1C(C(=O)NCc1ccccc1)N(C(=O)C(CCSC)NC(=O)OC(C)(C)C)C(C)CCC(C)C. The van der Waals surface area contributed by atoms with Crippen LogP contribution in [0, 0.1) is 18.3 Å². The van der Waals surface area contributed by atoms with Gasteiger partial charge in [-0.15, -0.1) is 6.42 Å². The lowest BCUT2D eigenvalue weighted by Crippen LogP contribution is -2.55. The Kier molecular flexibility index (Phi) is 14.0. The Balaban J connectivity index is 2.61. The van der Waals surface area contributed by atoms with Crippen LogP contribution in [0.15, 0.2) is 54.6 Å². The van der Waals surface area contributed by atoms with Crippen LogP contribution in [-0.2, 0) is 20.9 Å². The van der Waals surface area contributed by atoms with Crippen LogP contribution < -0.4 is 10.6 Å². The van der Waals surface area contributed by atoms with Crippen LogP contribution >= 0.6 is 11.8 Å². The van der Waals surface area contributed by atoms with Crippen molar-refractivity contribution in [3.8, 4) is 12.3 Å². The van der Waals surface area contributed by atoms with Gasteiger partial charge in [0.1, 0.15) is 17.7 Å². The summed E-state index contributed by atoms with van der Waals surface area (Å²) in [6.45, 7) is 11.8. The van der Waals surface area contributed by atoms with Crippen LogP contribution in [0.5, 0.6) is 0 Å². The van der Waals surface area contributed by atoms with Crippen LogP contribution in [-0.4, -0.2) is 52.5 Å². The van der Waals surface area contributed by atoms with Gasteiger partial charge in [0, 0.05) is 18.2 Å². The van der Waals surface area contributed by atoms with E-state index in [-0.39, 0.29) is 17.9 Å². The van der Waals surface area contributed by atoms with Crippen molar-refractivity contribution in [2.45, 2.75) is 91.1 Å². The van der Waals surface area contributed by atoms with Gasteiger partial charge >= 0.3 is 6.09 Å². The van der Waals surface area contributed by atoms with Gasteiger partial charge in [0.05, 0.1) is 0 Å². The number of alkyl carbamates (subject to hydrolysis) is 1. The molecular formula is C34H47N3O4S. The highest BCUT2D eigenvalue weighted by molar-refractivity contribution is 7.98. The molecule has 0 radical (unpaired) electrons. The number of benzene rings is 2. The van der Waals surface area contributed by atoms with Gasteiger partial charge < -0.3 is 20.3 Å². The zero-order valence-corrected chi connectivity index (χ0v) is 26.9. The molecule has 2 rings (SSSR count). The van der Waals surface area contributed by atoms with Crippen LogP contribution in [0.25, 0.3) is 0 Å². The summed E-state index contributed by atoms with van der Waals surface area (Å²) in [6, 6.07) is 14.6. The third-order valence-corrected chi connectivity index (χ3v) is 7.38. The maximum absolute atomic E-state index is 14.5. The molecule has 3 atom stereocenters. The number of nitrogens with zero attached hydrogens (tertiary/aromatic N) is 1. The van der Waals surface area contributed by atoms with Gasteiger partial charge in [-0.05, 0) is 82.1 Å². The summed E-state index contributed by atoms with van der Waals surface area (Å²) in [5, 5.41) is 5.84. The minimum atomic E-state index is -1.01. The van der Waals surface area contributed by atoms with Crippen molar-refractivity contribution in [1.29, 1.82) is 0 Å². The number of hydrogen-bond donors (Lipinski definition) is 2. The molecule has 0 bridgehead atoms. The molecule has 2 aromatic rings. The fourth-order valence-electron chi connectivity index (χ4n) is 4.60. The Labute approximate surface area is 256 Å². The Bertz CT molecular complexity index is 1200. The van der Waals surface area contributed by atoms with Gasteiger partial charge in [0.15, 0.2) is 0 Å². The molecule has 0 spiro atoms. The monoisotopic (exact) mass is 593 g/mol. The Morgan fingerprint density at radius 2 is 1.62 bits per heavy atom. The summed E-state index contributed by atoms with van der Waals surface area (Å²) in [5.74, 6) is 3.04. The molecule has 0 aliphatic carbocycles. The molecule has 0 aliphatic rings. The van der Waals surface area contributed by atoms with E-state index in [1.807, 2.05) is 55.6 Å². The van der Waals surface area contributed by atoms with Crippen LogP contribution in [0.3, 0.4) is 0 Å². The molecule has 0 fully saturated rings. The second-order valence-corrected chi connectivity index (χ2v) is 12.9. The summed E-state index contributed by atoms with van der Waals surface area (Å²) in [5.41, 5.74) is 1.31. The number of rotatable bonds is 14. The molecule has 0 aliphatic heterocycles. The van der Waals surface area contributed by atoms with Crippen molar-refractivity contribution in [2.24, 2.45) is 5.92 Å². The third kappa shape index (κ3) is 11.1. The predicted molar refractivity (Wildman–Crippen MR) is 172 cm³/mol. The van der Waals surface area contributed by atoms with Crippen LogP contribution in [0.1, 0.15) is 83.5 Å². The fourth-order valence-corrected chi connectivity index (χ4v) is 5.07. The standard InChI is InChI=1S/C34H47N3O4S/c1-9-27-17-13-14-18-28(27)30(31(38)35-23-26-15-11-10-12-16-26)37(25(4)20-19-24(2)3)32(39)29(21-22-42-8)36-33(40)41-34(5,6)7/h1,10-18,24-25,29-30H,19-23H2,2-8H3,(H,35,38)(H,36,40). The molecule has 7 nitrogen and oxygen atoms in total. The Morgan fingerprint density at radius 1 is 0.976 bits per heavy atom. The number of carbonyl (C=O) groups excluding carboxylic acids is 3. The van der Waals surface area contributed by atoms with Crippen molar-refractivity contribution >= 4 is 29.7 Å². The van der Waals surface area contributed by atoms with E-state index in [1.54, 1.807) is 49.6 Å². The van der Waals surface area contributed by atoms with Gasteiger partial charge in [-0.1, -0.05) is 68.3 Å². The van der Waals surface area contributed by atoms with Gasteiger partial charge in [-0.2, -0.15) is 11.8 Å². The molecule has 0 saturated carbocycles. The van der Waals surface area contributed by atoms with Crippen LogP contribution in [0.2, 0.25) is 0 Å². The molecule has 228 valence electrons. The lowest BCUT2D eigenvalue weighted by atomic mass is 9.94. The first-order valence-corrected chi connectivity index (χ1v) is 15.9. The first-order chi connectivity index (χ1) is 19.9. The molecule has 0 aromatic heterocycles. The average Bonchev–Trinajstić information content (AvgIpc) is 2.94. The fraction of sp³-hybridized carbons (Fsp3) is 0.500. The van der Waals surface area contributed by atoms with Crippen LogP contribution in [0.4, 0.5) is 4.79 Å². The first kappa shape index (κ1) is 34.8. The van der Waals surface area contributed by atoms with E-state index in [1.165, 1.54) is 0 Å². The van der Waals surface area contributed by atoms with Crippen molar-refractivity contribution in [3.63, 3.8) is 0 Å². The summed E-state index contributed by atoms with van der Waals surface area (Å²) < 4.78 is 5.50. The molecule has 0 heterocycles. The summed E-state index contributed by atoms with van der Waals surface area (Å²) in [4.78, 5) is 43.2. The molecule has 3 amide bonds. The molecule has 8 heteroatoms. The molecule has 42 heavy (non-hydrogen) atoms. The number of thioether (sulfide) groups is 1. The highest BCUT2D eigenvalue weighted by Crippen LogP contribution is 2.30. The predicted octanol–water partition coefficient (Wildman–Crippen LogP) is 6.33. The van der Waals surface area contributed by atoms with E-state index in [2.05, 4.69) is 30.4 Å². The molecule has 2 N–H and O–H groups in total. The smallest absolute Gasteiger partial charge is 0.408 e. The zero-order valence-electron chi connectivity index (χ0n) is 26.1. The molecule has 2 aromatic carbocycles. The second-order valence-electron chi connectivity index (χ2n) is 11.9. The largest absolute Gasteiger partial charge is 0.444 e. The second kappa shape index (κ2) is 16.9. The summed E-state index contributed by atoms with van der Waals surface area (Å²) >= 11 is 1.58. The number of nitrogens with one attached hydrogen (secondary N) is 2. The molecule has 0 saturated heterocycles. The number of terminal acetylenes is 1. The van der Waals surface area contributed by atoms with E-state index < -0.39 is 23.8 Å². The van der Waals surface area contributed by atoms with E-state index in [4.69, 9.17) is 11.2 Å². The highest BCUT2D eigenvalue weighted by Gasteiger charge is 2.39. The normalized spacial score (nSPS) is 13.4. The molecular weight excluding hydrogens is 546 g/mol. The maximum atomic E-state index is 14.5. The minimum absolute atomic E-state index is 0.295. The van der Waals surface area contributed by atoms with Gasteiger partial charge in [0.25, 0.3) is 0 Å². The lowest BCUT2D eigenvalue weighted by molar-refractivity contribution is -0.145. The van der Waals surface area contributed by atoms with Gasteiger partial charge in [-0.25, -0.2) is 4.79 Å². The first-order valence-electron chi connectivity index (χ1n) is 14.6. The Morgan fingerprint density at radius 3 is 2.21 bits per heavy atom. The number of hydrogen-bond acceptors (Lipinski definition) is 5. The number of carbonyl (C=O) groups is 3. The van der Waals surface area contributed by atoms with Crippen molar-refractivity contribution in [2.75, 3.05) is 12.0 Å². The number of ether oxygens (including phenoxy) is 1. The quantitative estimate of drug-likeness (QED) is 0.250. The van der Waals surface area contributed by atoms with Crippen molar-refractivity contribution < 1.29 is 19.1 Å².